The zero-order valence-corrected chi connectivity index (χ0v) is 15.2. The first kappa shape index (κ1) is 18.3. The van der Waals surface area contributed by atoms with E-state index in [1.165, 1.54) is 23.8 Å². The maximum Gasteiger partial charge on any atom is 0.307 e. The van der Waals surface area contributed by atoms with E-state index in [2.05, 4.69) is 4.74 Å². The van der Waals surface area contributed by atoms with E-state index in [-0.39, 0.29) is 24.8 Å². The van der Waals surface area contributed by atoms with Gasteiger partial charge < -0.3 is 14.2 Å². The van der Waals surface area contributed by atoms with Crippen molar-refractivity contribution in [3.63, 3.8) is 0 Å². The highest BCUT2D eigenvalue weighted by atomic mass is 32.2. The van der Waals surface area contributed by atoms with Gasteiger partial charge in [0.1, 0.15) is 15.8 Å². The summed E-state index contributed by atoms with van der Waals surface area (Å²) in [6, 6.07) is 5.33. The predicted molar refractivity (Wildman–Crippen MR) is 96.1 cm³/mol. The molecule has 0 aliphatic carbocycles. The molecule has 24 heavy (non-hydrogen) atoms. The number of ether oxygens (including phenoxy) is 3. The molecular formula is C16H17NO5S2. The first-order chi connectivity index (χ1) is 11.5. The zero-order chi connectivity index (χ0) is 17.7. The fourth-order valence-electron chi connectivity index (χ4n) is 2.08. The van der Waals surface area contributed by atoms with Gasteiger partial charge in [0.15, 0.2) is 0 Å². The van der Waals surface area contributed by atoms with Gasteiger partial charge in [-0.15, -0.1) is 0 Å². The highest BCUT2D eigenvalue weighted by molar-refractivity contribution is 8.26. The van der Waals surface area contributed by atoms with Crippen molar-refractivity contribution in [3.05, 3.63) is 28.7 Å². The van der Waals surface area contributed by atoms with E-state index in [1.54, 1.807) is 38.5 Å². The van der Waals surface area contributed by atoms with Gasteiger partial charge in [-0.25, -0.2) is 0 Å². The molecule has 0 aromatic heterocycles. The molecule has 0 N–H and O–H groups in total. The highest BCUT2D eigenvalue weighted by Crippen LogP contribution is 2.35. The molecule has 1 amide bonds. The van der Waals surface area contributed by atoms with Gasteiger partial charge in [-0.05, 0) is 18.2 Å². The number of nitrogens with zero attached hydrogens (tertiary/aromatic N) is 1. The monoisotopic (exact) mass is 367 g/mol. The van der Waals surface area contributed by atoms with Crippen LogP contribution in [0.4, 0.5) is 0 Å². The number of methoxy groups -OCH3 is 3. The molecule has 1 aliphatic heterocycles. The van der Waals surface area contributed by atoms with Crippen molar-refractivity contribution in [2.24, 2.45) is 0 Å². The van der Waals surface area contributed by atoms with Gasteiger partial charge in [-0.3, -0.25) is 14.5 Å². The largest absolute Gasteiger partial charge is 0.497 e. The highest BCUT2D eigenvalue weighted by Gasteiger charge is 2.32. The Balaban J connectivity index is 2.21. The summed E-state index contributed by atoms with van der Waals surface area (Å²) in [4.78, 5) is 25.6. The Bertz CT molecular complexity index is 702. The van der Waals surface area contributed by atoms with Gasteiger partial charge >= 0.3 is 5.97 Å². The van der Waals surface area contributed by atoms with Crippen LogP contribution in [-0.2, 0) is 14.3 Å². The molecule has 0 saturated carbocycles. The van der Waals surface area contributed by atoms with Crippen LogP contribution < -0.4 is 9.47 Å². The standard InChI is InChI=1S/C16H17NO5S2/c1-20-11-5-4-10(12(9-11)21-2)8-13-15(19)17(16(23)24-13)7-6-14(18)22-3/h4-5,8-9H,6-7H2,1-3H3/b13-8-. The fourth-order valence-corrected chi connectivity index (χ4v) is 3.38. The first-order valence-corrected chi connectivity index (χ1v) is 8.26. The first-order valence-electron chi connectivity index (χ1n) is 7.04. The van der Waals surface area contributed by atoms with Crippen LogP contribution in [0, 0.1) is 0 Å². The van der Waals surface area contributed by atoms with Gasteiger partial charge in [0.2, 0.25) is 0 Å². The van der Waals surface area contributed by atoms with Gasteiger partial charge in [0.25, 0.3) is 5.91 Å². The number of amides is 1. The molecule has 6 nitrogen and oxygen atoms in total. The zero-order valence-electron chi connectivity index (χ0n) is 13.5. The number of hydrogen-bond acceptors (Lipinski definition) is 7. The lowest BCUT2D eigenvalue weighted by molar-refractivity contribution is -0.140. The summed E-state index contributed by atoms with van der Waals surface area (Å²) in [5.41, 5.74) is 0.742. The van der Waals surface area contributed by atoms with Crippen molar-refractivity contribution >= 4 is 46.3 Å². The summed E-state index contributed by atoms with van der Waals surface area (Å²) in [6.07, 6.45) is 1.82. The second-order valence-electron chi connectivity index (χ2n) is 4.77. The third-order valence-electron chi connectivity index (χ3n) is 3.37. The smallest absolute Gasteiger partial charge is 0.307 e. The summed E-state index contributed by atoms with van der Waals surface area (Å²) in [5.74, 6) is 0.639. The number of rotatable bonds is 6. The average molecular weight is 367 g/mol. The Hall–Kier alpha value is -2.06. The number of thioether (sulfide) groups is 1. The van der Waals surface area contributed by atoms with Gasteiger partial charge in [-0.2, -0.15) is 0 Å². The predicted octanol–water partition coefficient (Wildman–Crippen LogP) is 2.47. The minimum Gasteiger partial charge on any atom is -0.497 e. The summed E-state index contributed by atoms with van der Waals surface area (Å²) < 4.78 is 15.5. The van der Waals surface area contributed by atoms with Crippen molar-refractivity contribution in [2.75, 3.05) is 27.9 Å². The molecule has 1 saturated heterocycles. The van der Waals surface area contributed by atoms with Crippen LogP contribution in [0.5, 0.6) is 11.5 Å². The number of esters is 1. The lowest BCUT2D eigenvalue weighted by atomic mass is 10.1. The molecule has 0 unspecified atom stereocenters. The quantitative estimate of drug-likeness (QED) is 0.435. The molecule has 8 heteroatoms. The van der Waals surface area contributed by atoms with Gasteiger partial charge in [0, 0.05) is 18.2 Å². The lowest BCUT2D eigenvalue weighted by Crippen LogP contribution is -2.30. The molecule has 1 aliphatic rings. The van der Waals surface area contributed by atoms with E-state index < -0.39 is 0 Å². The van der Waals surface area contributed by atoms with Crippen LogP contribution in [0.3, 0.4) is 0 Å². The van der Waals surface area contributed by atoms with Gasteiger partial charge in [0.05, 0.1) is 32.7 Å². The fraction of sp³-hybridized carbons (Fsp3) is 0.312. The molecule has 0 bridgehead atoms. The van der Waals surface area contributed by atoms with Gasteiger partial charge in [-0.1, -0.05) is 24.0 Å². The third kappa shape index (κ3) is 4.07. The van der Waals surface area contributed by atoms with E-state index in [0.717, 1.165) is 5.56 Å². The Morgan fingerprint density at radius 1 is 1.29 bits per heavy atom. The Morgan fingerprint density at radius 2 is 2.04 bits per heavy atom. The molecule has 1 heterocycles. The molecule has 0 atom stereocenters. The molecule has 128 valence electrons. The van der Waals surface area contributed by atoms with Crippen molar-refractivity contribution in [3.8, 4) is 11.5 Å². The lowest BCUT2D eigenvalue weighted by Gasteiger charge is -2.13. The summed E-state index contributed by atoms with van der Waals surface area (Å²) >= 11 is 6.42. The minimum absolute atomic E-state index is 0.0993. The Labute approximate surface area is 149 Å². The van der Waals surface area contributed by atoms with Crippen molar-refractivity contribution < 1.29 is 23.8 Å². The molecule has 1 aromatic rings. The van der Waals surface area contributed by atoms with Crippen LogP contribution in [0.15, 0.2) is 23.1 Å². The van der Waals surface area contributed by atoms with Crippen LogP contribution in [0.1, 0.15) is 12.0 Å². The second kappa shape index (κ2) is 8.16. The number of benzene rings is 1. The Kier molecular flexibility index (Phi) is 6.22. The minimum atomic E-state index is -0.384. The average Bonchev–Trinajstić information content (AvgIpc) is 2.86. The molecule has 2 rings (SSSR count). The maximum absolute atomic E-state index is 12.5. The molecule has 1 aromatic carbocycles. The molecule has 0 spiro atoms. The molecular weight excluding hydrogens is 350 g/mol. The summed E-state index contributed by atoms with van der Waals surface area (Å²) in [6.45, 7) is 0.203. The third-order valence-corrected chi connectivity index (χ3v) is 4.75. The normalized spacial score (nSPS) is 15.8. The van der Waals surface area contributed by atoms with Crippen LogP contribution in [0.25, 0.3) is 6.08 Å². The summed E-state index contributed by atoms with van der Waals surface area (Å²) in [5, 5.41) is 0. The number of carbonyl (C=O) groups excluding carboxylic acids is 2. The number of carbonyl (C=O) groups is 2. The van der Waals surface area contributed by atoms with Crippen molar-refractivity contribution in [1.82, 2.24) is 4.90 Å². The molecule has 1 fully saturated rings. The van der Waals surface area contributed by atoms with E-state index in [1.807, 2.05) is 0 Å². The van der Waals surface area contributed by atoms with E-state index in [9.17, 15) is 9.59 Å². The summed E-state index contributed by atoms with van der Waals surface area (Å²) in [7, 11) is 4.43. The Morgan fingerprint density at radius 3 is 2.67 bits per heavy atom. The van der Waals surface area contributed by atoms with Crippen LogP contribution in [-0.4, -0.2) is 49.0 Å². The van der Waals surface area contributed by atoms with E-state index >= 15 is 0 Å². The second-order valence-corrected chi connectivity index (χ2v) is 6.44. The van der Waals surface area contributed by atoms with Crippen molar-refractivity contribution in [1.29, 1.82) is 0 Å². The van der Waals surface area contributed by atoms with Crippen molar-refractivity contribution in [2.45, 2.75) is 6.42 Å². The topological polar surface area (TPSA) is 65.1 Å². The van der Waals surface area contributed by atoms with E-state index in [0.29, 0.717) is 20.7 Å². The maximum atomic E-state index is 12.5. The molecule has 0 radical (unpaired) electrons. The number of hydrogen-bond donors (Lipinski definition) is 0. The van der Waals surface area contributed by atoms with Crippen LogP contribution in [0.2, 0.25) is 0 Å². The van der Waals surface area contributed by atoms with Crippen LogP contribution >= 0.6 is 24.0 Å². The van der Waals surface area contributed by atoms with E-state index in [4.69, 9.17) is 21.7 Å². The number of thiocarbonyl (C=S) groups is 1. The SMILES string of the molecule is COC(=O)CCN1C(=O)/C(=C/c2ccc(OC)cc2OC)SC1=S.